The lowest BCUT2D eigenvalue weighted by Gasteiger charge is -2.17. The molecule has 0 aliphatic carbocycles. The molecule has 0 aromatic heterocycles. The van der Waals surface area contributed by atoms with Gasteiger partial charge in [-0.05, 0) is 19.3 Å². The average molecular weight is 173 g/mol. The van der Waals surface area contributed by atoms with Crippen LogP contribution in [0.1, 0.15) is 27.2 Å². The quantitative estimate of drug-likeness (QED) is 0.651. The summed E-state index contributed by atoms with van der Waals surface area (Å²) in [5.74, 6) is 0.627. The van der Waals surface area contributed by atoms with Crippen molar-refractivity contribution in [2.45, 2.75) is 27.2 Å². The second-order valence-electron chi connectivity index (χ2n) is 3.30. The van der Waals surface area contributed by atoms with Gasteiger partial charge in [0.05, 0.1) is 6.61 Å². The Hall–Kier alpha value is -0.730. The summed E-state index contributed by atoms with van der Waals surface area (Å²) in [4.78, 5) is 12.7. The first kappa shape index (κ1) is 11.3. The van der Waals surface area contributed by atoms with Crippen molar-refractivity contribution in [3.05, 3.63) is 0 Å². The summed E-state index contributed by atoms with van der Waals surface area (Å²) in [6.07, 6.45) is 0.799. The summed E-state index contributed by atoms with van der Waals surface area (Å²) < 4.78 is 4.82. The highest BCUT2D eigenvalue weighted by Gasteiger charge is 2.08. The molecule has 3 nitrogen and oxygen atoms in total. The minimum atomic E-state index is -0.224. The van der Waals surface area contributed by atoms with Gasteiger partial charge in [0.25, 0.3) is 0 Å². The van der Waals surface area contributed by atoms with E-state index in [0.717, 1.165) is 13.0 Å². The van der Waals surface area contributed by atoms with Crippen molar-refractivity contribution in [2.75, 3.05) is 20.2 Å². The van der Waals surface area contributed by atoms with Crippen LogP contribution in [-0.2, 0) is 4.74 Å². The zero-order valence-electron chi connectivity index (χ0n) is 8.46. The summed E-state index contributed by atoms with van der Waals surface area (Å²) in [5.41, 5.74) is 0. The molecule has 0 saturated heterocycles. The summed E-state index contributed by atoms with van der Waals surface area (Å²) in [6, 6.07) is 0. The molecule has 0 spiro atoms. The fraction of sp³-hybridized carbons (Fsp3) is 0.889. The molecule has 0 aliphatic rings. The fourth-order valence-electron chi connectivity index (χ4n) is 0.777. The molecule has 0 saturated carbocycles. The predicted molar refractivity (Wildman–Crippen MR) is 49.1 cm³/mol. The molecule has 0 aromatic rings. The van der Waals surface area contributed by atoms with Gasteiger partial charge >= 0.3 is 6.09 Å². The van der Waals surface area contributed by atoms with Gasteiger partial charge in [-0.2, -0.15) is 0 Å². The molecule has 0 bridgehead atoms. The second-order valence-corrected chi connectivity index (χ2v) is 3.30. The van der Waals surface area contributed by atoms with Crippen molar-refractivity contribution < 1.29 is 9.53 Å². The highest BCUT2D eigenvalue weighted by Crippen LogP contribution is 2.01. The Morgan fingerprint density at radius 2 is 2.08 bits per heavy atom. The Morgan fingerprint density at radius 3 is 2.50 bits per heavy atom. The first-order valence-electron chi connectivity index (χ1n) is 4.45. The van der Waals surface area contributed by atoms with E-state index in [1.54, 1.807) is 11.9 Å². The molecule has 0 rings (SSSR count). The van der Waals surface area contributed by atoms with Crippen LogP contribution in [0.5, 0.6) is 0 Å². The fourth-order valence-corrected chi connectivity index (χ4v) is 0.777. The maximum absolute atomic E-state index is 11.1. The zero-order valence-corrected chi connectivity index (χ0v) is 8.46. The van der Waals surface area contributed by atoms with Gasteiger partial charge in [-0.15, -0.1) is 0 Å². The normalized spacial score (nSPS) is 10.1. The van der Waals surface area contributed by atoms with E-state index in [-0.39, 0.29) is 6.09 Å². The van der Waals surface area contributed by atoms with Crippen molar-refractivity contribution in [3.8, 4) is 0 Å². The molecule has 12 heavy (non-hydrogen) atoms. The van der Waals surface area contributed by atoms with Gasteiger partial charge in [-0.3, -0.25) is 0 Å². The summed E-state index contributed by atoms with van der Waals surface area (Å²) in [7, 11) is 1.76. The number of carbonyl (C=O) groups excluding carboxylic acids is 1. The van der Waals surface area contributed by atoms with Gasteiger partial charge in [0.2, 0.25) is 0 Å². The van der Waals surface area contributed by atoms with E-state index >= 15 is 0 Å². The van der Waals surface area contributed by atoms with E-state index in [1.807, 2.05) is 6.92 Å². The molecule has 0 fully saturated rings. The lowest BCUT2D eigenvalue weighted by atomic mass is 10.1. The van der Waals surface area contributed by atoms with Crippen molar-refractivity contribution in [2.24, 2.45) is 5.92 Å². The van der Waals surface area contributed by atoms with Gasteiger partial charge in [0.1, 0.15) is 0 Å². The minimum absolute atomic E-state index is 0.224. The maximum atomic E-state index is 11.1. The van der Waals surface area contributed by atoms with E-state index in [2.05, 4.69) is 13.8 Å². The highest BCUT2D eigenvalue weighted by molar-refractivity contribution is 5.67. The van der Waals surface area contributed by atoms with Crippen molar-refractivity contribution >= 4 is 6.09 Å². The van der Waals surface area contributed by atoms with E-state index in [4.69, 9.17) is 4.74 Å². The van der Waals surface area contributed by atoms with E-state index in [0.29, 0.717) is 12.5 Å². The lowest BCUT2D eigenvalue weighted by molar-refractivity contribution is 0.114. The van der Waals surface area contributed by atoms with Gasteiger partial charge in [-0.1, -0.05) is 13.8 Å². The number of carbonyl (C=O) groups is 1. The van der Waals surface area contributed by atoms with Crippen LogP contribution in [0.4, 0.5) is 4.79 Å². The number of amides is 1. The maximum Gasteiger partial charge on any atom is 0.409 e. The third-order valence-electron chi connectivity index (χ3n) is 1.62. The lowest BCUT2D eigenvalue weighted by Crippen LogP contribution is -2.29. The molecule has 0 aliphatic heterocycles. The largest absolute Gasteiger partial charge is 0.450 e. The van der Waals surface area contributed by atoms with Crippen LogP contribution in [0.3, 0.4) is 0 Å². The SMILES string of the molecule is CCOC(=O)N(C)CCC(C)C. The number of hydrogen-bond acceptors (Lipinski definition) is 2. The van der Waals surface area contributed by atoms with E-state index < -0.39 is 0 Å². The van der Waals surface area contributed by atoms with Gasteiger partial charge in [0, 0.05) is 13.6 Å². The first-order chi connectivity index (χ1) is 5.57. The van der Waals surface area contributed by atoms with Crippen LogP contribution >= 0.6 is 0 Å². The second kappa shape index (κ2) is 5.86. The molecule has 0 radical (unpaired) electrons. The minimum Gasteiger partial charge on any atom is -0.450 e. The van der Waals surface area contributed by atoms with Gasteiger partial charge < -0.3 is 9.64 Å². The van der Waals surface area contributed by atoms with Crippen LogP contribution in [0.2, 0.25) is 0 Å². The molecule has 1 amide bonds. The van der Waals surface area contributed by atoms with Crippen LogP contribution in [0.15, 0.2) is 0 Å². The summed E-state index contributed by atoms with van der Waals surface area (Å²) in [5, 5.41) is 0. The molecule has 0 aromatic carbocycles. The van der Waals surface area contributed by atoms with Crippen molar-refractivity contribution in [3.63, 3.8) is 0 Å². The topological polar surface area (TPSA) is 29.5 Å². The molecule has 0 heterocycles. The number of nitrogens with zero attached hydrogens (tertiary/aromatic N) is 1. The van der Waals surface area contributed by atoms with E-state index in [1.165, 1.54) is 0 Å². The standard InChI is InChI=1S/C9H19NO2/c1-5-12-9(11)10(4)7-6-8(2)3/h8H,5-7H2,1-4H3. The smallest absolute Gasteiger partial charge is 0.409 e. The van der Waals surface area contributed by atoms with Crippen molar-refractivity contribution in [1.82, 2.24) is 4.90 Å². The third kappa shape index (κ3) is 4.99. The Bertz CT molecular complexity index is 134. The zero-order chi connectivity index (χ0) is 9.56. The van der Waals surface area contributed by atoms with Gasteiger partial charge in [0.15, 0.2) is 0 Å². The van der Waals surface area contributed by atoms with Crippen LogP contribution in [0.25, 0.3) is 0 Å². The van der Waals surface area contributed by atoms with E-state index in [9.17, 15) is 4.79 Å². The Morgan fingerprint density at radius 1 is 1.50 bits per heavy atom. The molecule has 0 atom stereocenters. The molecule has 3 heteroatoms. The van der Waals surface area contributed by atoms with Crippen LogP contribution in [0, 0.1) is 5.92 Å². The van der Waals surface area contributed by atoms with Crippen LogP contribution < -0.4 is 0 Å². The predicted octanol–water partition coefficient (Wildman–Crippen LogP) is 2.12. The molecular weight excluding hydrogens is 154 g/mol. The summed E-state index contributed by atoms with van der Waals surface area (Å²) in [6.45, 7) is 7.31. The Kier molecular flexibility index (Phi) is 5.51. The molecule has 72 valence electrons. The highest BCUT2D eigenvalue weighted by atomic mass is 16.5. The monoisotopic (exact) mass is 173 g/mol. The number of hydrogen-bond donors (Lipinski definition) is 0. The average Bonchev–Trinajstić information content (AvgIpc) is 2.00. The number of rotatable bonds is 4. The van der Waals surface area contributed by atoms with Crippen LogP contribution in [-0.4, -0.2) is 31.2 Å². The van der Waals surface area contributed by atoms with Gasteiger partial charge in [-0.25, -0.2) is 4.79 Å². The molecule has 0 unspecified atom stereocenters. The molecule has 0 N–H and O–H groups in total. The third-order valence-corrected chi connectivity index (χ3v) is 1.62. The first-order valence-corrected chi connectivity index (χ1v) is 4.45. The molecular formula is C9H19NO2. The number of ether oxygens (including phenoxy) is 1. The Balaban J connectivity index is 3.56. The Labute approximate surface area is 74.7 Å². The summed E-state index contributed by atoms with van der Waals surface area (Å²) >= 11 is 0. The van der Waals surface area contributed by atoms with Crippen molar-refractivity contribution in [1.29, 1.82) is 0 Å².